The van der Waals surface area contributed by atoms with Crippen LogP contribution < -0.4 is 5.32 Å². The van der Waals surface area contributed by atoms with Crippen LogP contribution in [0, 0.1) is 6.92 Å². The van der Waals surface area contributed by atoms with E-state index in [1.54, 1.807) is 13.1 Å². The molecule has 13 heavy (non-hydrogen) atoms. The fourth-order valence-electron chi connectivity index (χ4n) is 1.13. The third-order valence-electron chi connectivity index (χ3n) is 1.57. The molecule has 0 saturated heterocycles. The molecule has 0 fully saturated rings. The van der Waals surface area contributed by atoms with Gasteiger partial charge in [-0.15, -0.1) is 0 Å². The van der Waals surface area contributed by atoms with Crippen molar-refractivity contribution in [1.82, 2.24) is 9.55 Å². The summed E-state index contributed by atoms with van der Waals surface area (Å²) in [5.41, 5.74) is 0.747. The molecule has 74 valence electrons. The fourth-order valence-corrected chi connectivity index (χ4v) is 1.13. The van der Waals surface area contributed by atoms with Gasteiger partial charge in [0, 0.05) is 12.7 Å². The summed E-state index contributed by atoms with van der Waals surface area (Å²) in [4.78, 5) is 4.07. The van der Waals surface area contributed by atoms with Crippen molar-refractivity contribution in [2.45, 2.75) is 26.8 Å². The summed E-state index contributed by atoms with van der Waals surface area (Å²) in [5.74, 6) is 0.514. The van der Waals surface area contributed by atoms with Gasteiger partial charge in [-0.2, -0.15) is 0 Å². The van der Waals surface area contributed by atoms with Gasteiger partial charge in [0.05, 0.1) is 12.2 Å². The quantitative estimate of drug-likeness (QED) is 0.783. The lowest BCUT2D eigenvalue weighted by molar-refractivity contribution is 0.127. The van der Waals surface area contributed by atoms with E-state index in [9.17, 15) is 8.78 Å². The molecule has 0 aliphatic heterocycles. The number of nitrogens with one attached hydrogen (secondary N) is 1. The molecule has 0 amide bonds. The average Bonchev–Trinajstić information content (AvgIpc) is 2.31. The highest BCUT2D eigenvalue weighted by Crippen LogP contribution is 2.10. The second-order valence-corrected chi connectivity index (χ2v) is 2.78. The van der Waals surface area contributed by atoms with E-state index < -0.39 is 6.43 Å². The van der Waals surface area contributed by atoms with Crippen molar-refractivity contribution >= 4 is 5.95 Å². The maximum Gasteiger partial charge on any atom is 0.256 e. The summed E-state index contributed by atoms with van der Waals surface area (Å²) in [6, 6.07) is 0. The van der Waals surface area contributed by atoms with Crippen molar-refractivity contribution in [2.24, 2.45) is 0 Å². The SMILES string of the molecule is CCNc1nc(C)cn1CC(F)F. The number of hydrogen-bond acceptors (Lipinski definition) is 2. The van der Waals surface area contributed by atoms with Crippen molar-refractivity contribution in [2.75, 3.05) is 11.9 Å². The molecule has 1 rings (SSSR count). The number of halogens is 2. The molecule has 0 bridgehead atoms. The number of imidazole rings is 1. The van der Waals surface area contributed by atoms with E-state index in [0.717, 1.165) is 5.69 Å². The van der Waals surface area contributed by atoms with Gasteiger partial charge in [-0.3, -0.25) is 0 Å². The molecule has 0 aromatic carbocycles. The second kappa shape index (κ2) is 4.20. The van der Waals surface area contributed by atoms with Crippen LogP contribution in [0.2, 0.25) is 0 Å². The summed E-state index contributed by atoms with van der Waals surface area (Å²) < 4.78 is 25.6. The lowest BCUT2D eigenvalue weighted by Gasteiger charge is -2.06. The Balaban J connectivity index is 2.77. The van der Waals surface area contributed by atoms with Gasteiger partial charge in [-0.1, -0.05) is 0 Å². The van der Waals surface area contributed by atoms with E-state index in [2.05, 4.69) is 10.3 Å². The molecule has 0 saturated carbocycles. The molecular weight excluding hydrogens is 176 g/mol. The van der Waals surface area contributed by atoms with Gasteiger partial charge in [-0.05, 0) is 13.8 Å². The molecule has 1 aromatic heterocycles. The number of rotatable bonds is 4. The van der Waals surface area contributed by atoms with Crippen LogP contribution in [-0.2, 0) is 6.54 Å². The Bertz CT molecular complexity index is 270. The van der Waals surface area contributed by atoms with Crippen LogP contribution >= 0.6 is 0 Å². The lowest BCUT2D eigenvalue weighted by Crippen LogP contribution is -2.10. The summed E-state index contributed by atoms with van der Waals surface area (Å²) in [6.45, 7) is 4.06. The minimum atomic E-state index is -2.34. The molecule has 1 heterocycles. The zero-order valence-corrected chi connectivity index (χ0v) is 7.72. The molecule has 0 aliphatic rings. The minimum absolute atomic E-state index is 0.302. The van der Waals surface area contributed by atoms with E-state index >= 15 is 0 Å². The number of aryl methyl sites for hydroxylation is 1. The Morgan fingerprint density at radius 3 is 2.85 bits per heavy atom. The van der Waals surface area contributed by atoms with Crippen LogP contribution in [0.3, 0.4) is 0 Å². The third kappa shape index (κ3) is 2.68. The van der Waals surface area contributed by atoms with Gasteiger partial charge in [0.2, 0.25) is 5.95 Å². The number of nitrogens with zero attached hydrogens (tertiary/aromatic N) is 2. The number of hydrogen-bond donors (Lipinski definition) is 1. The molecule has 0 aliphatic carbocycles. The zero-order chi connectivity index (χ0) is 9.84. The summed E-state index contributed by atoms with van der Waals surface area (Å²) in [7, 11) is 0. The van der Waals surface area contributed by atoms with Crippen molar-refractivity contribution in [1.29, 1.82) is 0 Å². The normalized spacial score (nSPS) is 10.8. The Labute approximate surface area is 75.8 Å². The predicted molar refractivity (Wildman–Crippen MR) is 47.1 cm³/mol. The summed E-state index contributed by atoms with van der Waals surface area (Å²) in [6.07, 6.45) is -0.726. The number of alkyl halides is 2. The Kier molecular flexibility index (Phi) is 3.22. The highest BCUT2D eigenvalue weighted by Gasteiger charge is 2.09. The Hall–Kier alpha value is -1.13. The molecule has 3 nitrogen and oxygen atoms in total. The minimum Gasteiger partial charge on any atom is -0.356 e. The largest absolute Gasteiger partial charge is 0.356 e. The van der Waals surface area contributed by atoms with Gasteiger partial charge in [0.1, 0.15) is 0 Å². The van der Waals surface area contributed by atoms with E-state index in [1.807, 2.05) is 6.92 Å². The van der Waals surface area contributed by atoms with Crippen molar-refractivity contribution < 1.29 is 8.78 Å². The molecule has 0 unspecified atom stereocenters. The molecule has 0 spiro atoms. The zero-order valence-electron chi connectivity index (χ0n) is 7.72. The smallest absolute Gasteiger partial charge is 0.256 e. The van der Waals surface area contributed by atoms with Gasteiger partial charge >= 0.3 is 0 Å². The lowest BCUT2D eigenvalue weighted by atomic mass is 10.5. The topological polar surface area (TPSA) is 29.9 Å². The van der Waals surface area contributed by atoms with E-state index in [0.29, 0.717) is 12.5 Å². The Morgan fingerprint density at radius 1 is 1.62 bits per heavy atom. The van der Waals surface area contributed by atoms with E-state index in [4.69, 9.17) is 0 Å². The maximum absolute atomic E-state index is 12.1. The first-order chi connectivity index (χ1) is 6.13. The monoisotopic (exact) mass is 189 g/mol. The van der Waals surface area contributed by atoms with Crippen LogP contribution in [0.4, 0.5) is 14.7 Å². The van der Waals surface area contributed by atoms with Crippen LogP contribution in [-0.4, -0.2) is 22.5 Å². The van der Waals surface area contributed by atoms with Gasteiger partial charge in [0.15, 0.2) is 0 Å². The maximum atomic E-state index is 12.1. The van der Waals surface area contributed by atoms with E-state index in [-0.39, 0.29) is 6.54 Å². The third-order valence-corrected chi connectivity index (χ3v) is 1.57. The molecule has 0 radical (unpaired) electrons. The first-order valence-corrected chi connectivity index (χ1v) is 4.19. The standard InChI is InChI=1S/C8H13F2N3/c1-3-11-8-12-6(2)4-13(8)5-7(9)10/h4,7H,3,5H2,1-2H3,(H,11,12). The van der Waals surface area contributed by atoms with Crippen molar-refractivity contribution in [3.8, 4) is 0 Å². The first kappa shape index (κ1) is 9.95. The van der Waals surface area contributed by atoms with E-state index in [1.165, 1.54) is 4.57 Å². The first-order valence-electron chi connectivity index (χ1n) is 4.19. The molecule has 5 heteroatoms. The molecule has 0 atom stereocenters. The van der Waals surface area contributed by atoms with Gasteiger partial charge in [0.25, 0.3) is 6.43 Å². The van der Waals surface area contributed by atoms with Gasteiger partial charge < -0.3 is 9.88 Å². The van der Waals surface area contributed by atoms with Crippen LogP contribution in [0.1, 0.15) is 12.6 Å². The molecule has 1 aromatic rings. The highest BCUT2D eigenvalue weighted by atomic mass is 19.3. The molecule has 1 N–H and O–H groups in total. The second-order valence-electron chi connectivity index (χ2n) is 2.78. The van der Waals surface area contributed by atoms with Crippen LogP contribution in [0.5, 0.6) is 0 Å². The highest BCUT2D eigenvalue weighted by molar-refractivity contribution is 5.28. The van der Waals surface area contributed by atoms with Gasteiger partial charge in [-0.25, -0.2) is 13.8 Å². The van der Waals surface area contributed by atoms with Crippen LogP contribution in [0.15, 0.2) is 6.20 Å². The number of aromatic nitrogens is 2. The van der Waals surface area contributed by atoms with Crippen molar-refractivity contribution in [3.63, 3.8) is 0 Å². The average molecular weight is 189 g/mol. The summed E-state index contributed by atoms with van der Waals surface area (Å²) >= 11 is 0. The fraction of sp³-hybridized carbons (Fsp3) is 0.625. The molecular formula is C8H13F2N3. The predicted octanol–water partition coefficient (Wildman–Crippen LogP) is 1.89. The van der Waals surface area contributed by atoms with Crippen LogP contribution in [0.25, 0.3) is 0 Å². The number of anilines is 1. The Morgan fingerprint density at radius 2 is 2.31 bits per heavy atom. The van der Waals surface area contributed by atoms with Crippen molar-refractivity contribution in [3.05, 3.63) is 11.9 Å². The summed E-state index contributed by atoms with van der Waals surface area (Å²) in [5, 5.41) is 2.92.